The van der Waals surface area contributed by atoms with Gasteiger partial charge in [0.15, 0.2) is 9.84 Å². The second kappa shape index (κ2) is 7.24. The molecule has 0 aliphatic carbocycles. The van der Waals surface area contributed by atoms with Gasteiger partial charge in [0, 0.05) is 18.6 Å². The molecule has 1 aromatic rings. The molecule has 1 saturated heterocycles. The number of hydrogen-bond acceptors (Lipinski definition) is 5. The molecule has 1 aliphatic rings. The average molecular weight is 312 g/mol. The molecule has 0 saturated carbocycles. The molecule has 1 fully saturated rings. The highest BCUT2D eigenvalue weighted by atomic mass is 32.2. The van der Waals surface area contributed by atoms with E-state index in [-0.39, 0.29) is 11.8 Å². The third-order valence-electron chi connectivity index (χ3n) is 3.64. The summed E-state index contributed by atoms with van der Waals surface area (Å²) in [5.41, 5.74) is 0.684. The summed E-state index contributed by atoms with van der Waals surface area (Å²) < 4.78 is 29.7. The zero-order valence-electron chi connectivity index (χ0n) is 12.6. The van der Waals surface area contributed by atoms with E-state index in [1.807, 2.05) is 12.1 Å². The van der Waals surface area contributed by atoms with Gasteiger partial charge in [-0.15, -0.1) is 0 Å². The number of para-hydroxylation sites is 1. The quantitative estimate of drug-likeness (QED) is 0.836. The Kier molecular flexibility index (Phi) is 5.61. The van der Waals surface area contributed by atoms with Crippen molar-refractivity contribution in [2.75, 3.05) is 30.8 Å². The lowest BCUT2D eigenvalue weighted by Gasteiger charge is -2.27. The molecule has 2 unspecified atom stereocenters. The molecule has 0 spiro atoms. The minimum Gasteiger partial charge on any atom is -0.381 e. The van der Waals surface area contributed by atoms with E-state index >= 15 is 0 Å². The highest BCUT2D eigenvalue weighted by Crippen LogP contribution is 2.23. The van der Waals surface area contributed by atoms with Crippen molar-refractivity contribution >= 4 is 15.5 Å². The van der Waals surface area contributed by atoms with Gasteiger partial charge in [-0.05, 0) is 25.5 Å². The Morgan fingerprint density at radius 1 is 1.43 bits per heavy atom. The van der Waals surface area contributed by atoms with E-state index in [2.05, 4.69) is 17.6 Å². The minimum atomic E-state index is -3.21. The number of rotatable bonds is 6. The molecule has 1 heterocycles. The number of benzene rings is 1. The Bertz CT molecular complexity index is 554. The lowest BCUT2D eigenvalue weighted by Crippen LogP contribution is -2.43. The maximum atomic E-state index is 12.1. The first-order valence-corrected chi connectivity index (χ1v) is 9.07. The van der Waals surface area contributed by atoms with Crippen molar-refractivity contribution in [2.24, 2.45) is 0 Å². The Hall–Kier alpha value is -1.11. The molecule has 2 N–H and O–H groups in total. The van der Waals surface area contributed by atoms with E-state index in [0.717, 1.165) is 19.6 Å². The second-order valence-electron chi connectivity index (χ2n) is 5.41. The van der Waals surface area contributed by atoms with Crippen molar-refractivity contribution in [1.82, 2.24) is 5.32 Å². The topological polar surface area (TPSA) is 67.4 Å². The molecule has 1 aliphatic heterocycles. The van der Waals surface area contributed by atoms with Crippen molar-refractivity contribution in [2.45, 2.75) is 37.2 Å². The predicted molar refractivity (Wildman–Crippen MR) is 84.5 cm³/mol. The lowest BCUT2D eigenvalue weighted by atomic mass is 10.1. The summed E-state index contributed by atoms with van der Waals surface area (Å²) in [4.78, 5) is 0.382. The Morgan fingerprint density at radius 2 is 2.19 bits per heavy atom. The van der Waals surface area contributed by atoms with Crippen LogP contribution in [0.4, 0.5) is 5.69 Å². The van der Waals surface area contributed by atoms with Crippen LogP contribution in [0.5, 0.6) is 0 Å². The summed E-state index contributed by atoms with van der Waals surface area (Å²) in [6.45, 7) is 6.07. The van der Waals surface area contributed by atoms with Crippen LogP contribution in [0, 0.1) is 0 Å². The van der Waals surface area contributed by atoms with Gasteiger partial charge in [-0.3, -0.25) is 0 Å². The van der Waals surface area contributed by atoms with Crippen LogP contribution in [0.2, 0.25) is 0 Å². The number of hydrogen-bond donors (Lipinski definition) is 2. The van der Waals surface area contributed by atoms with Crippen LogP contribution in [-0.4, -0.2) is 46.0 Å². The van der Waals surface area contributed by atoms with Crippen LogP contribution in [0.15, 0.2) is 29.2 Å². The van der Waals surface area contributed by atoms with Gasteiger partial charge in [-0.25, -0.2) is 8.42 Å². The van der Waals surface area contributed by atoms with Gasteiger partial charge in [0.1, 0.15) is 0 Å². The molecular formula is C15H24N2O3S. The van der Waals surface area contributed by atoms with Crippen molar-refractivity contribution in [3.8, 4) is 0 Å². The molecule has 0 radical (unpaired) electrons. The molecule has 6 heteroatoms. The monoisotopic (exact) mass is 312 g/mol. The van der Waals surface area contributed by atoms with Crippen LogP contribution in [-0.2, 0) is 14.6 Å². The van der Waals surface area contributed by atoms with Crippen LogP contribution in [0.3, 0.4) is 0 Å². The summed E-state index contributed by atoms with van der Waals surface area (Å²) in [7, 11) is -3.21. The van der Waals surface area contributed by atoms with E-state index in [9.17, 15) is 8.42 Å². The summed E-state index contributed by atoms with van der Waals surface area (Å²) in [5, 5.41) is 6.73. The smallest absolute Gasteiger partial charge is 0.180 e. The fourth-order valence-electron chi connectivity index (χ4n) is 2.53. The fourth-order valence-corrected chi connectivity index (χ4v) is 3.59. The molecular weight excluding hydrogens is 288 g/mol. The standard InChI is InChI=1S/C15H24N2O3S/c1-3-21(18,19)15-7-5-4-6-14(15)17-12(2)10-13-11-20-9-8-16-13/h4-7,12-13,16-17H,3,8-11H2,1-2H3. The van der Waals surface area contributed by atoms with Crippen LogP contribution in [0.1, 0.15) is 20.3 Å². The van der Waals surface area contributed by atoms with Gasteiger partial charge >= 0.3 is 0 Å². The van der Waals surface area contributed by atoms with E-state index < -0.39 is 9.84 Å². The predicted octanol–water partition coefficient (Wildman–Crippen LogP) is 1.66. The van der Waals surface area contributed by atoms with Gasteiger partial charge in [0.25, 0.3) is 0 Å². The molecule has 0 aromatic heterocycles. The number of nitrogens with one attached hydrogen (secondary N) is 2. The number of morpholine rings is 1. The third kappa shape index (κ3) is 4.43. The fraction of sp³-hybridized carbons (Fsp3) is 0.600. The third-order valence-corrected chi connectivity index (χ3v) is 5.43. The van der Waals surface area contributed by atoms with Crippen LogP contribution < -0.4 is 10.6 Å². The van der Waals surface area contributed by atoms with E-state index in [1.54, 1.807) is 19.1 Å². The summed E-state index contributed by atoms with van der Waals surface area (Å²) in [6, 6.07) is 7.58. The van der Waals surface area contributed by atoms with Crippen LogP contribution in [0.25, 0.3) is 0 Å². The highest BCUT2D eigenvalue weighted by Gasteiger charge is 2.19. The second-order valence-corrected chi connectivity index (χ2v) is 7.65. The zero-order valence-corrected chi connectivity index (χ0v) is 13.4. The van der Waals surface area contributed by atoms with E-state index in [4.69, 9.17) is 4.74 Å². The summed E-state index contributed by atoms with van der Waals surface area (Å²) in [6.07, 6.45) is 0.889. The molecule has 1 aromatic carbocycles. The first-order valence-electron chi connectivity index (χ1n) is 7.42. The zero-order chi connectivity index (χ0) is 15.3. The van der Waals surface area contributed by atoms with Crippen molar-refractivity contribution in [1.29, 1.82) is 0 Å². The number of anilines is 1. The first kappa shape index (κ1) is 16.3. The Labute approximate surface area is 127 Å². The van der Waals surface area contributed by atoms with E-state index in [0.29, 0.717) is 23.2 Å². The summed E-state index contributed by atoms with van der Waals surface area (Å²) in [5.74, 6) is 0.109. The molecule has 2 rings (SSSR count). The van der Waals surface area contributed by atoms with Gasteiger partial charge in [-0.1, -0.05) is 19.1 Å². The normalized spacial score (nSPS) is 21.0. The maximum Gasteiger partial charge on any atom is 0.180 e. The van der Waals surface area contributed by atoms with Crippen molar-refractivity contribution in [3.63, 3.8) is 0 Å². The molecule has 0 bridgehead atoms. The highest BCUT2D eigenvalue weighted by molar-refractivity contribution is 7.91. The molecule has 5 nitrogen and oxygen atoms in total. The maximum absolute atomic E-state index is 12.1. The minimum absolute atomic E-state index is 0.109. The largest absolute Gasteiger partial charge is 0.381 e. The van der Waals surface area contributed by atoms with E-state index in [1.165, 1.54) is 0 Å². The molecule has 0 amide bonds. The van der Waals surface area contributed by atoms with Gasteiger partial charge < -0.3 is 15.4 Å². The Balaban J connectivity index is 2.05. The van der Waals surface area contributed by atoms with Gasteiger partial charge in [0.05, 0.1) is 29.5 Å². The Morgan fingerprint density at radius 3 is 2.86 bits per heavy atom. The SMILES string of the molecule is CCS(=O)(=O)c1ccccc1NC(C)CC1COCCN1. The molecule has 118 valence electrons. The summed E-state index contributed by atoms with van der Waals surface area (Å²) >= 11 is 0. The van der Waals surface area contributed by atoms with Crippen molar-refractivity contribution in [3.05, 3.63) is 24.3 Å². The first-order chi connectivity index (χ1) is 10.0. The lowest BCUT2D eigenvalue weighted by molar-refractivity contribution is 0.0731. The number of ether oxygens (including phenoxy) is 1. The molecule has 21 heavy (non-hydrogen) atoms. The van der Waals surface area contributed by atoms with Crippen molar-refractivity contribution < 1.29 is 13.2 Å². The molecule has 2 atom stereocenters. The number of sulfone groups is 1. The van der Waals surface area contributed by atoms with Crippen LogP contribution >= 0.6 is 0 Å². The average Bonchev–Trinajstić information content (AvgIpc) is 2.48. The van der Waals surface area contributed by atoms with Gasteiger partial charge in [-0.2, -0.15) is 0 Å². The van der Waals surface area contributed by atoms with Gasteiger partial charge in [0.2, 0.25) is 0 Å².